The standard InChI is InChI=1S/C19H17N3O4.ClH/c1-3-26-19(23)13-7-8-17-16(10-13)18(9-12(2)20-17)21-14-5-4-6-15(11-14)22(24)25;/h4-11H,3H2,1-2H3,(H,20,21);1H/p-1. The van der Waals surface area contributed by atoms with Gasteiger partial charge in [0, 0.05) is 34.6 Å². The summed E-state index contributed by atoms with van der Waals surface area (Å²) in [5.74, 6) is -0.406. The van der Waals surface area contributed by atoms with Crippen LogP contribution in [0.15, 0.2) is 48.5 Å². The van der Waals surface area contributed by atoms with Gasteiger partial charge in [-0.1, -0.05) is 6.07 Å². The van der Waals surface area contributed by atoms with E-state index in [4.69, 9.17) is 4.74 Å². The second-order valence-electron chi connectivity index (χ2n) is 5.70. The number of hydrogen-bond acceptors (Lipinski definition) is 6. The van der Waals surface area contributed by atoms with Gasteiger partial charge >= 0.3 is 5.97 Å². The number of aryl methyl sites for hydroxylation is 1. The quantitative estimate of drug-likeness (QED) is 0.404. The summed E-state index contributed by atoms with van der Waals surface area (Å²) in [5, 5.41) is 14.9. The maximum Gasteiger partial charge on any atom is 0.338 e. The molecule has 0 aliphatic carbocycles. The zero-order valence-corrected chi connectivity index (χ0v) is 15.5. The van der Waals surface area contributed by atoms with Gasteiger partial charge in [-0.15, -0.1) is 0 Å². The lowest BCUT2D eigenvalue weighted by molar-refractivity contribution is -0.384. The Morgan fingerprint density at radius 3 is 2.70 bits per heavy atom. The molecule has 0 unspecified atom stereocenters. The number of halogens is 1. The number of aromatic nitrogens is 1. The number of benzene rings is 2. The van der Waals surface area contributed by atoms with Crippen molar-refractivity contribution in [3.8, 4) is 0 Å². The maximum atomic E-state index is 12.0. The highest BCUT2D eigenvalue weighted by Crippen LogP contribution is 2.29. The molecule has 140 valence electrons. The van der Waals surface area contributed by atoms with Gasteiger partial charge in [-0.25, -0.2) is 4.79 Å². The van der Waals surface area contributed by atoms with E-state index in [-0.39, 0.29) is 18.1 Å². The Hall–Kier alpha value is -3.19. The highest BCUT2D eigenvalue weighted by molar-refractivity contribution is 5.99. The zero-order valence-electron chi connectivity index (χ0n) is 14.7. The highest BCUT2D eigenvalue weighted by Gasteiger charge is 2.12. The van der Waals surface area contributed by atoms with Gasteiger partial charge in [0.2, 0.25) is 0 Å². The second kappa shape index (κ2) is 8.46. The predicted octanol–water partition coefficient (Wildman–Crippen LogP) is 1.38. The molecule has 3 aromatic rings. The lowest BCUT2D eigenvalue weighted by atomic mass is 10.1. The van der Waals surface area contributed by atoms with Crippen molar-refractivity contribution in [2.45, 2.75) is 13.8 Å². The average molecular weight is 387 g/mol. The van der Waals surface area contributed by atoms with Gasteiger partial charge in [0.05, 0.1) is 22.6 Å². The Morgan fingerprint density at radius 1 is 1.22 bits per heavy atom. The molecule has 0 radical (unpaired) electrons. The molecule has 0 spiro atoms. The van der Waals surface area contributed by atoms with Crippen LogP contribution in [0.25, 0.3) is 10.9 Å². The third-order valence-corrected chi connectivity index (χ3v) is 3.78. The van der Waals surface area contributed by atoms with Gasteiger partial charge in [0.15, 0.2) is 0 Å². The minimum absolute atomic E-state index is 0. The Bertz CT molecular complexity index is 1010. The Morgan fingerprint density at radius 2 is 2.00 bits per heavy atom. The average Bonchev–Trinajstić information content (AvgIpc) is 2.61. The summed E-state index contributed by atoms with van der Waals surface area (Å²) >= 11 is 0. The molecular weight excluding hydrogens is 370 g/mol. The first-order chi connectivity index (χ1) is 12.5. The molecule has 0 aliphatic heterocycles. The molecule has 0 bridgehead atoms. The Labute approximate surface area is 161 Å². The number of carbonyl (C=O) groups excluding carboxylic acids is 1. The molecule has 3 rings (SSSR count). The third-order valence-electron chi connectivity index (χ3n) is 3.78. The molecule has 1 N–H and O–H groups in total. The first-order valence-electron chi connectivity index (χ1n) is 8.08. The van der Waals surface area contributed by atoms with Crippen molar-refractivity contribution < 1.29 is 26.9 Å². The number of nitro benzene ring substituents is 1. The SMILES string of the molecule is CCOC(=O)c1ccc2nc(C)cc(Nc3cccc([N+](=O)[O-])c3)c2c1.[Cl-]. The molecule has 0 aliphatic rings. The number of nitrogens with zero attached hydrogens (tertiary/aromatic N) is 2. The van der Waals surface area contributed by atoms with Gasteiger partial charge in [-0.2, -0.15) is 0 Å². The lowest BCUT2D eigenvalue weighted by Gasteiger charge is -2.12. The number of fused-ring (bicyclic) bond motifs is 1. The number of nitrogens with one attached hydrogen (secondary N) is 1. The molecule has 7 nitrogen and oxygen atoms in total. The fourth-order valence-electron chi connectivity index (χ4n) is 2.66. The van der Waals surface area contributed by atoms with Gasteiger partial charge in [-0.05, 0) is 44.2 Å². The first-order valence-corrected chi connectivity index (χ1v) is 8.08. The highest BCUT2D eigenvalue weighted by atomic mass is 35.5. The molecule has 8 heteroatoms. The maximum absolute atomic E-state index is 12.0. The van der Waals surface area contributed by atoms with Crippen LogP contribution in [0.3, 0.4) is 0 Å². The van der Waals surface area contributed by atoms with Crippen LogP contribution < -0.4 is 17.7 Å². The molecule has 0 saturated heterocycles. The smallest absolute Gasteiger partial charge is 0.338 e. The number of ether oxygens (including phenoxy) is 1. The van der Waals surface area contributed by atoms with E-state index in [0.717, 1.165) is 11.1 Å². The summed E-state index contributed by atoms with van der Waals surface area (Å²) in [6, 6.07) is 13.2. The molecule has 27 heavy (non-hydrogen) atoms. The minimum Gasteiger partial charge on any atom is -1.00 e. The molecule has 0 fully saturated rings. The minimum atomic E-state index is -0.444. The molecular formula is C19H17ClN3O4-. The van der Waals surface area contributed by atoms with E-state index in [1.807, 2.05) is 13.0 Å². The summed E-state index contributed by atoms with van der Waals surface area (Å²) in [6.07, 6.45) is 0. The van der Waals surface area contributed by atoms with E-state index in [9.17, 15) is 14.9 Å². The number of esters is 1. The van der Waals surface area contributed by atoms with E-state index >= 15 is 0 Å². The molecule has 0 amide bonds. The normalized spacial score (nSPS) is 10.1. The number of anilines is 2. The monoisotopic (exact) mass is 386 g/mol. The summed E-state index contributed by atoms with van der Waals surface area (Å²) < 4.78 is 5.05. The van der Waals surface area contributed by atoms with Gasteiger partial charge < -0.3 is 22.5 Å². The van der Waals surface area contributed by atoms with Gasteiger partial charge in [-0.3, -0.25) is 15.1 Å². The first kappa shape index (κ1) is 20.1. The molecule has 1 heterocycles. The van der Waals surface area contributed by atoms with Crippen LogP contribution in [0, 0.1) is 17.0 Å². The summed E-state index contributed by atoms with van der Waals surface area (Å²) in [7, 11) is 0. The van der Waals surface area contributed by atoms with Gasteiger partial charge in [0.25, 0.3) is 5.69 Å². The van der Waals surface area contributed by atoms with Crippen molar-refractivity contribution in [1.82, 2.24) is 4.98 Å². The van der Waals surface area contributed by atoms with Crippen molar-refractivity contribution in [2.75, 3.05) is 11.9 Å². The fourth-order valence-corrected chi connectivity index (χ4v) is 2.66. The summed E-state index contributed by atoms with van der Waals surface area (Å²) in [5.41, 5.74) is 3.21. The van der Waals surface area contributed by atoms with Crippen LogP contribution in [-0.4, -0.2) is 22.5 Å². The molecule has 0 atom stereocenters. The van der Waals surface area contributed by atoms with Crippen molar-refractivity contribution >= 4 is 33.9 Å². The zero-order chi connectivity index (χ0) is 18.7. The van der Waals surface area contributed by atoms with Crippen LogP contribution in [0.2, 0.25) is 0 Å². The fraction of sp³-hybridized carbons (Fsp3) is 0.158. The number of pyridine rings is 1. The number of carbonyl (C=O) groups is 1. The predicted molar refractivity (Wildman–Crippen MR) is 98.8 cm³/mol. The lowest BCUT2D eigenvalue weighted by Crippen LogP contribution is -3.00. The number of rotatable bonds is 5. The topological polar surface area (TPSA) is 94.4 Å². The summed E-state index contributed by atoms with van der Waals surface area (Å²) in [4.78, 5) is 27.0. The Kier molecular flexibility index (Phi) is 6.31. The second-order valence-corrected chi connectivity index (χ2v) is 5.70. The number of non-ortho nitro benzene ring substituents is 1. The largest absolute Gasteiger partial charge is 1.00 e. The number of hydrogen-bond donors (Lipinski definition) is 1. The van der Waals surface area contributed by atoms with Crippen molar-refractivity contribution in [3.05, 3.63) is 69.9 Å². The van der Waals surface area contributed by atoms with Crippen LogP contribution in [0.4, 0.5) is 17.1 Å². The molecule has 0 saturated carbocycles. The number of nitro groups is 1. The van der Waals surface area contributed by atoms with E-state index in [0.29, 0.717) is 29.1 Å². The van der Waals surface area contributed by atoms with Crippen LogP contribution >= 0.6 is 0 Å². The van der Waals surface area contributed by atoms with E-state index in [1.54, 1.807) is 37.3 Å². The van der Waals surface area contributed by atoms with Crippen molar-refractivity contribution in [2.24, 2.45) is 0 Å². The van der Waals surface area contributed by atoms with Gasteiger partial charge in [0.1, 0.15) is 0 Å². The van der Waals surface area contributed by atoms with Crippen LogP contribution in [0.1, 0.15) is 23.0 Å². The Balaban J connectivity index is 0.00000261. The summed E-state index contributed by atoms with van der Waals surface area (Å²) in [6.45, 7) is 3.90. The van der Waals surface area contributed by atoms with E-state index in [2.05, 4.69) is 10.3 Å². The molecule has 2 aromatic carbocycles. The van der Waals surface area contributed by atoms with Crippen LogP contribution in [-0.2, 0) is 4.74 Å². The van der Waals surface area contributed by atoms with Crippen LogP contribution in [0.5, 0.6) is 0 Å². The van der Waals surface area contributed by atoms with Crippen molar-refractivity contribution in [1.29, 1.82) is 0 Å². The third kappa shape index (κ3) is 4.51. The van der Waals surface area contributed by atoms with E-state index in [1.165, 1.54) is 12.1 Å². The van der Waals surface area contributed by atoms with E-state index < -0.39 is 10.9 Å². The molecule has 1 aromatic heterocycles. The van der Waals surface area contributed by atoms with Crippen molar-refractivity contribution in [3.63, 3.8) is 0 Å².